The smallest absolute Gasteiger partial charge is 0.409 e. The number of hydrogen-bond donors (Lipinski definition) is 1. The number of piperazine rings is 1. The Bertz CT molecular complexity index is 1110. The first-order valence-electron chi connectivity index (χ1n) is 9.73. The molecule has 0 spiro atoms. The second kappa shape index (κ2) is 8.29. The summed E-state index contributed by atoms with van der Waals surface area (Å²) in [6, 6.07) is 7.77. The fourth-order valence-electron chi connectivity index (χ4n) is 3.62. The highest BCUT2D eigenvalue weighted by Gasteiger charge is 2.24. The number of carbonyl (C=O) groups is 1. The number of rotatable bonds is 4. The molecule has 4 heterocycles. The van der Waals surface area contributed by atoms with Crippen molar-refractivity contribution >= 4 is 22.8 Å². The van der Waals surface area contributed by atoms with Crippen molar-refractivity contribution < 1.29 is 14.3 Å². The molecule has 30 heavy (non-hydrogen) atoms. The number of methoxy groups -OCH3 is 1. The lowest BCUT2D eigenvalue weighted by Crippen LogP contribution is -2.49. The SMILES string of the molecule is CCOC(=O)N1CCN(c2ccnc3[nH]c(-c4ncc(OC)cc4C#N)cc23)CC1. The number of pyridine rings is 2. The summed E-state index contributed by atoms with van der Waals surface area (Å²) < 4.78 is 10.3. The summed E-state index contributed by atoms with van der Waals surface area (Å²) in [5.74, 6) is 0.532. The lowest BCUT2D eigenvalue weighted by molar-refractivity contribution is 0.105. The number of anilines is 1. The van der Waals surface area contributed by atoms with Gasteiger partial charge in [-0.25, -0.2) is 14.8 Å². The van der Waals surface area contributed by atoms with Gasteiger partial charge in [-0.2, -0.15) is 5.26 Å². The zero-order valence-electron chi connectivity index (χ0n) is 16.9. The normalized spacial score (nSPS) is 13.9. The van der Waals surface area contributed by atoms with E-state index in [-0.39, 0.29) is 6.09 Å². The molecule has 1 saturated heterocycles. The van der Waals surface area contributed by atoms with Crippen LogP contribution < -0.4 is 9.64 Å². The number of aromatic amines is 1. The van der Waals surface area contributed by atoms with Gasteiger partial charge in [0.15, 0.2) is 0 Å². The van der Waals surface area contributed by atoms with Gasteiger partial charge in [-0.05, 0) is 19.1 Å². The Hall–Kier alpha value is -3.80. The van der Waals surface area contributed by atoms with Gasteiger partial charge in [0.1, 0.15) is 23.2 Å². The van der Waals surface area contributed by atoms with Crippen molar-refractivity contribution in [1.82, 2.24) is 19.9 Å². The number of nitrogens with zero attached hydrogens (tertiary/aromatic N) is 5. The third kappa shape index (κ3) is 3.59. The van der Waals surface area contributed by atoms with Gasteiger partial charge >= 0.3 is 6.09 Å². The highest BCUT2D eigenvalue weighted by atomic mass is 16.6. The molecule has 154 valence electrons. The molecule has 9 nitrogen and oxygen atoms in total. The van der Waals surface area contributed by atoms with Crippen LogP contribution in [-0.2, 0) is 4.74 Å². The summed E-state index contributed by atoms with van der Waals surface area (Å²) in [5, 5.41) is 10.5. The molecule has 1 N–H and O–H groups in total. The molecular formula is C21H22N6O3. The Morgan fingerprint density at radius 2 is 2.07 bits per heavy atom. The summed E-state index contributed by atoms with van der Waals surface area (Å²) >= 11 is 0. The molecule has 3 aromatic heterocycles. The maximum Gasteiger partial charge on any atom is 0.409 e. The van der Waals surface area contributed by atoms with Crippen LogP contribution in [0.1, 0.15) is 12.5 Å². The molecule has 0 aromatic carbocycles. The van der Waals surface area contributed by atoms with Gasteiger partial charge < -0.3 is 24.3 Å². The van der Waals surface area contributed by atoms with E-state index in [1.165, 1.54) is 0 Å². The lowest BCUT2D eigenvalue weighted by Gasteiger charge is -2.35. The number of nitriles is 1. The third-order valence-corrected chi connectivity index (χ3v) is 5.13. The molecule has 3 aromatic rings. The van der Waals surface area contributed by atoms with Gasteiger partial charge in [-0.3, -0.25) is 0 Å². The summed E-state index contributed by atoms with van der Waals surface area (Å²) in [4.78, 5) is 28.0. The van der Waals surface area contributed by atoms with Crippen LogP contribution in [0.15, 0.2) is 30.6 Å². The number of amides is 1. The molecular weight excluding hydrogens is 384 g/mol. The fourth-order valence-corrected chi connectivity index (χ4v) is 3.62. The number of carbonyl (C=O) groups excluding carboxylic acids is 1. The van der Waals surface area contributed by atoms with Gasteiger partial charge in [-0.1, -0.05) is 0 Å². The molecule has 0 bridgehead atoms. The maximum atomic E-state index is 11.9. The number of nitrogens with one attached hydrogen (secondary N) is 1. The van der Waals surface area contributed by atoms with Crippen molar-refractivity contribution in [2.24, 2.45) is 0 Å². The quantitative estimate of drug-likeness (QED) is 0.710. The number of ether oxygens (including phenoxy) is 2. The fraction of sp³-hybridized carbons (Fsp3) is 0.333. The van der Waals surface area contributed by atoms with E-state index in [1.54, 1.807) is 37.4 Å². The Labute approximate surface area is 173 Å². The second-order valence-electron chi connectivity index (χ2n) is 6.83. The number of aromatic nitrogens is 3. The zero-order valence-corrected chi connectivity index (χ0v) is 16.9. The minimum Gasteiger partial charge on any atom is -0.495 e. The standard InChI is InChI=1S/C21H22N6O3/c1-3-30-21(28)27-8-6-26(7-9-27)18-4-5-23-20-16(18)11-17(25-20)19-14(12-22)10-15(29-2)13-24-19/h4-5,10-11,13H,3,6-9H2,1-2H3,(H,23,25). The minimum absolute atomic E-state index is 0.268. The number of hydrogen-bond acceptors (Lipinski definition) is 7. The highest BCUT2D eigenvalue weighted by Crippen LogP contribution is 2.32. The predicted molar refractivity (Wildman–Crippen MR) is 111 cm³/mol. The van der Waals surface area contributed by atoms with E-state index in [4.69, 9.17) is 9.47 Å². The van der Waals surface area contributed by atoms with Crippen LogP contribution in [0, 0.1) is 11.3 Å². The van der Waals surface area contributed by atoms with Crippen LogP contribution in [0.25, 0.3) is 22.4 Å². The van der Waals surface area contributed by atoms with E-state index in [2.05, 4.69) is 25.9 Å². The largest absolute Gasteiger partial charge is 0.495 e. The minimum atomic E-state index is -0.268. The molecule has 0 unspecified atom stereocenters. The monoisotopic (exact) mass is 406 g/mol. The van der Waals surface area contributed by atoms with E-state index in [1.807, 2.05) is 12.1 Å². The van der Waals surface area contributed by atoms with Crippen LogP contribution >= 0.6 is 0 Å². The van der Waals surface area contributed by atoms with Gasteiger partial charge in [0.25, 0.3) is 0 Å². The van der Waals surface area contributed by atoms with Crippen molar-refractivity contribution in [3.8, 4) is 23.2 Å². The Kier molecular flexibility index (Phi) is 5.39. The van der Waals surface area contributed by atoms with E-state index in [9.17, 15) is 10.1 Å². The Morgan fingerprint density at radius 1 is 1.27 bits per heavy atom. The van der Waals surface area contributed by atoms with Crippen molar-refractivity contribution in [2.45, 2.75) is 6.92 Å². The van der Waals surface area contributed by atoms with Gasteiger partial charge in [-0.15, -0.1) is 0 Å². The van der Waals surface area contributed by atoms with Gasteiger partial charge in [0.05, 0.1) is 31.2 Å². The van der Waals surface area contributed by atoms with Crippen LogP contribution in [0.5, 0.6) is 5.75 Å². The average molecular weight is 406 g/mol. The van der Waals surface area contributed by atoms with Crippen molar-refractivity contribution in [1.29, 1.82) is 5.26 Å². The molecule has 0 aliphatic carbocycles. The van der Waals surface area contributed by atoms with Crippen LogP contribution in [0.2, 0.25) is 0 Å². The molecule has 0 atom stereocenters. The van der Waals surface area contributed by atoms with Crippen LogP contribution in [-0.4, -0.2) is 65.8 Å². The molecule has 1 fully saturated rings. The zero-order chi connectivity index (χ0) is 21.1. The summed E-state index contributed by atoms with van der Waals surface area (Å²) in [7, 11) is 1.54. The third-order valence-electron chi connectivity index (χ3n) is 5.13. The van der Waals surface area contributed by atoms with E-state index in [0.29, 0.717) is 55.5 Å². The lowest BCUT2D eigenvalue weighted by atomic mass is 10.1. The van der Waals surface area contributed by atoms with Crippen molar-refractivity contribution in [2.75, 3.05) is 44.8 Å². The number of fused-ring (bicyclic) bond motifs is 1. The van der Waals surface area contributed by atoms with E-state index in [0.717, 1.165) is 16.7 Å². The van der Waals surface area contributed by atoms with Crippen molar-refractivity contribution in [3.63, 3.8) is 0 Å². The highest BCUT2D eigenvalue weighted by molar-refractivity contribution is 5.94. The maximum absolute atomic E-state index is 11.9. The second-order valence-corrected chi connectivity index (χ2v) is 6.83. The first-order valence-corrected chi connectivity index (χ1v) is 9.73. The summed E-state index contributed by atoms with van der Waals surface area (Å²) in [5.41, 5.74) is 3.43. The summed E-state index contributed by atoms with van der Waals surface area (Å²) in [6.45, 7) is 4.77. The molecule has 1 aliphatic rings. The first-order chi connectivity index (χ1) is 14.6. The van der Waals surface area contributed by atoms with E-state index < -0.39 is 0 Å². The topological polar surface area (TPSA) is 107 Å². The molecule has 0 saturated carbocycles. The average Bonchev–Trinajstić information content (AvgIpc) is 3.23. The van der Waals surface area contributed by atoms with Crippen LogP contribution in [0.4, 0.5) is 10.5 Å². The first kappa shape index (κ1) is 19.5. The number of H-pyrrole nitrogens is 1. The molecule has 1 amide bonds. The molecule has 1 aliphatic heterocycles. The van der Waals surface area contributed by atoms with E-state index >= 15 is 0 Å². The van der Waals surface area contributed by atoms with Gasteiger partial charge in [0, 0.05) is 49.5 Å². The summed E-state index contributed by atoms with van der Waals surface area (Å²) in [6.07, 6.45) is 3.07. The molecule has 9 heteroatoms. The van der Waals surface area contributed by atoms with Crippen LogP contribution in [0.3, 0.4) is 0 Å². The van der Waals surface area contributed by atoms with Crippen molar-refractivity contribution in [3.05, 3.63) is 36.2 Å². The molecule has 0 radical (unpaired) electrons. The molecule has 4 rings (SSSR count). The Balaban J connectivity index is 1.63. The predicted octanol–water partition coefficient (Wildman–Crippen LogP) is 2.78. The van der Waals surface area contributed by atoms with Gasteiger partial charge in [0.2, 0.25) is 0 Å². The Morgan fingerprint density at radius 3 is 2.77 bits per heavy atom.